The van der Waals surface area contributed by atoms with Crippen LogP contribution in [0.5, 0.6) is 0 Å². The molecule has 0 aliphatic heterocycles. The van der Waals surface area contributed by atoms with E-state index in [9.17, 15) is 26.0 Å². The highest BCUT2D eigenvalue weighted by Crippen LogP contribution is 2.36. The Kier molecular flexibility index (Phi) is 5.44. The van der Waals surface area contributed by atoms with Crippen molar-refractivity contribution in [3.8, 4) is 0 Å². The third-order valence-electron chi connectivity index (χ3n) is 4.92. The molecular formula is C19H23F4N3O2S. The fraction of sp³-hybridized carbons (Fsp3) is 0.526. The first-order valence-corrected chi connectivity index (χ1v) is 10.8. The zero-order valence-electron chi connectivity index (χ0n) is 16.3. The molecule has 2 aromatic rings. The first kappa shape index (κ1) is 21.6. The van der Waals surface area contributed by atoms with Crippen molar-refractivity contribution >= 4 is 15.7 Å². The molecule has 1 heterocycles. The Hall–Kier alpha value is -2.10. The monoisotopic (exact) mass is 433 g/mol. The predicted molar refractivity (Wildman–Crippen MR) is 101 cm³/mol. The maximum Gasteiger partial charge on any atom is 0.419 e. The molecule has 5 nitrogen and oxygen atoms in total. The molecule has 10 heteroatoms. The quantitative estimate of drug-likeness (QED) is 0.670. The third-order valence-corrected chi connectivity index (χ3v) is 6.30. The van der Waals surface area contributed by atoms with Gasteiger partial charge in [0, 0.05) is 17.3 Å². The topological polar surface area (TPSA) is 64.0 Å². The molecule has 160 valence electrons. The van der Waals surface area contributed by atoms with Gasteiger partial charge in [0.05, 0.1) is 17.3 Å². The van der Waals surface area contributed by atoms with Crippen molar-refractivity contribution in [2.75, 3.05) is 4.72 Å². The van der Waals surface area contributed by atoms with Gasteiger partial charge in [-0.25, -0.2) is 12.8 Å². The van der Waals surface area contributed by atoms with E-state index in [0.717, 1.165) is 31.7 Å². The summed E-state index contributed by atoms with van der Waals surface area (Å²) >= 11 is 0. The lowest BCUT2D eigenvalue weighted by molar-refractivity contribution is -0.139. The molecule has 29 heavy (non-hydrogen) atoms. The van der Waals surface area contributed by atoms with Crippen LogP contribution in [0.25, 0.3) is 0 Å². The fourth-order valence-corrected chi connectivity index (χ4v) is 4.86. The molecule has 0 radical (unpaired) electrons. The second-order valence-electron chi connectivity index (χ2n) is 8.31. The molecule has 1 N–H and O–H groups in total. The summed E-state index contributed by atoms with van der Waals surface area (Å²) in [4.78, 5) is -0.0882. The number of hydrogen-bond donors (Lipinski definition) is 1. The summed E-state index contributed by atoms with van der Waals surface area (Å²) in [6, 6.07) is 2.10. The van der Waals surface area contributed by atoms with Gasteiger partial charge in [-0.15, -0.1) is 0 Å². The van der Waals surface area contributed by atoms with Gasteiger partial charge in [0.25, 0.3) is 10.0 Å². The molecule has 0 spiro atoms. The number of benzene rings is 1. The van der Waals surface area contributed by atoms with Crippen molar-refractivity contribution in [2.24, 2.45) is 0 Å². The van der Waals surface area contributed by atoms with Crippen molar-refractivity contribution < 1.29 is 26.0 Å². The fourth-order valence-electron chi connectivity index (χ4n) is 3.46. The maximum absolute atomic E-state index is 13.5. The Bertz CT molecular complexity index is 1000. The Morgan fingerprint density at radius 2 is 1.76 bits per heavy atom. The maximum atomic E-state index is 13.5. The summed E-state index contributed by atoms with van der Waals surface area (Å²) in [6.45, 7) is 5.44. The zero-order chi connectivity index (χ0) is 21.6. The van der Waals surface area contributed by atoms with E-state index in [4.69, 9.17) is 0 Å². The standard InChI is InChI=1S/C19H23F4N3O2S/c1-18(2,3)17-16(11-26(24-17)13-6-4-5-7-13)29(27,28)25-12-8-9-15(20)14(10-12)19(21,22)23/h8-11,13,25H,4-7H2,1-3H3. The summed E-state index contributed by atoms with van der Waals surface area (Å²) in [6.07, 6.45) is 0.357. The Morgan fingerprint density at radius 1 is 1.14 bits per heavy atom. The summed E-state index contributed by atoms with van der Waals surface area (Å²) in [5, 5.41) is 4.50. The van der Waals surface area contributed by atoms with Gasteiger partial charge in [0.15, 0.2) is 0 Å². The van der Waals surface area contributed by atoms with E-state index in [1.165, 1.54) is 6.20 Å². The van der Waals surface area contributed by atoms with E-state index in [1.807, 2.05) is 20.8 Å². The number of rotatable bonds is 4. The normalized spacial score (nSPS) is 16.4. The molecule has 0 saturated heterocycles. The molecule has 0 amide bonds. The van der Waals surface area contributed by atoms with Crippen LogP contribution in [0.1, 0.15) is 63.8 Å². The molecule has 1 fully saturated rings. The van der Waals surface area contributed by atoms with Crippen LogP contribution in [0, 0.1) is 5.82 Å². The minimum absolute atomic E-state index is 0.0882. The van der Waals surface area contributed by atoms with E-state index >= 15 is 0 Å². The molecule has 1 saturated carbocycles. The van der Waals surface area contributed by atoms with Crippen LogP contribution < -0.4 is 4.72 Å². The number of alkyl halides is 3. The molecule has 1 aliphatic rings. The van der Waals surface area contributed by atoms with E-state index in [1.54, 1.807) is 4.68 Å². The highest BCUT2D eigenvalue weighted by atomic mass is 32.2. The summed E-state index contributed by atoms with van der Waals surface area (Å²) in [5.41, 5.74) is -2.17. The van der Waals surface area contributed by atoms with Crippen molar-refractivity contribution in [2.45, 2.75) is 69.0 Å². The van der Waals surface area contributed by atoms with E-state index in [0.29, 0.717) is 17.8 Å². The number of nitrogens with one attached hydrogen (secondary N) is 1. The van der Waals surface area contributed by atoms with Crippen LogP contribution in [-0.4, -0.2) is 18.2 Å². The summed E-state index contributed by atoms with van der Waals surface area (Å²) in [5.74, 6) is -1.47. The van der Waals surface area contributed by atoms with Gasteiger partial charge in [-0.2, -0.15) is 18.3 Å². The average Bonchev–Trinajstić information content (AvgIpc) is 3.24. The van der Waals surface area contributed by atoms with Gasteiger partial charge in [-0.1, -0.05) is 33.6 Å². The van der Waals surface area contributed by atoms with Gasteiger partial charge >= 0.3 is 6.18 Å². The predicted octanol–water partition coefficient (Wildman–Crippen LogP) is 5.25. The number of nitrogens with zero attached hydrogens (tertiary/aromatic N) is 2. The molecule has 1 aromatic carbocycles. The highest BCUT2D eigenvalue weighted by Gasteiger charge is 2.35. The second kappa shape index (κ2) is 7.30. The van der Waals surface area contributed by atoms with Crippen molar-refractivity contribution in [1.29, 1.82) is 0 Å². The lowest BCUT2D eigenvalue weighted by Gasteiger charge is -2.18. The first-order valence-electron chi connectivity index (χ1n) is 9.28. The van der Waals surface area contributed by atoms with Crippen molar-refractivity contribution in [3.05, 3.63) is 41.5 Å². The Balaban J connectivity index is 2.01. The Labute approximate surface area is 167 Å². The van der Waals surface area contributed by atoms with Gasteiger partial charge in [0.2, 0.25) is 0 Å². The van der Waals surface area contributed by atoms with E-state index < -0.39 is 33.0 Å². The van der Waals surface area contributed by atoms with Gasteiger partial charge in [-0.3, -0.25) is 9.40 Å². The van der Waals surface area contributed by atoms with Crippen LogP contribution in [-0.2, 0) is 21.6 Å². The zero-order valence-corrected chi connectivity index (χ0v) is 17.2. The van der Waals surface area contributed by atoms with Crippen molar-refractivity contribution in [1.82, 2.24) is 9.78 Å². The van der Waals surface area contributed by atoms with Gasteiger partial charge in [0.1, 0.15) is 10.7 Å². The number of sulfonamides is 1. The Morgan fingerprint density at radius 3 is 2.31 bits per heavy atom. The third kappa shape index (κ3) is 4.57. The van der Waals surface area contributed by atoms with E-state index in [2.05, 4.69) is 9.82 Å². The van der Waals surface area contributed by atoms with Crippen LogP contribution in [0.15, 0.2) is 29.3 Å². The molecule has 0 bridgehead atoms. The van der Waals surface area contributed by atoms with Crippen LogP contribution >= 0.6 is 0 Å². The average molecular weight is 433 g/mol. The molecule has 0 atom stereocenters. The minimum Gasteiger partial charge on any atom is -0.280 e. The summed E-state index contributed by atoms with van der Waals surface area (Å²) < 4.78 is 82.2. The number of aromatic nitrogens is 2. The lowest BCUT2D eigenvalue weighted by atomic mass is 9.92. The SMILES string of the molecule is CC(C)(C)c1nn(C2CCCC2)cc1S(=O)(=O)Nc1ccc(F)c(C(F)(F)F)c1. The van der Waals surface area contributed by atoms with Crippen LogP contribution in [0.4, 0.5) is 23.2 Å². The van der Waals surface area contributed by atoms with Crippen LogP contribution in [0.2, 0.25) is 0 Å². The van der Waals surface area contributed by atoms with Gasteiger partial charge < -0.3 is 0 Å². The van der Waals surface area contributed by atoms with Crippen molar-refractivity contribution in [3.63, 3.8) is 0 Å². The first-order chi connectivity index (χ1) is 13.3. The molecule has 0 unspecified atom stereocenters. The highest BCUT2D eigenvalue weighted by molar-refractivity contribution is 7.92. The lowest BCUT2D eigenvalue weighted by Crippen LogP contribution is -2.21. The minimum atomic E-state index is -4.94. The summed E-state index contributed by atoms with van der Waals surface area (Å²) in [7, 11) is -4.23. The van der Waals surface area contributed by atoms with E-state index in [-0.39, 0.29) is 16.6 Å². The molecule has 1 aliphatic carbocycles. The number of anilines is 1. The number of hydrogen-bond acceptors (Lipinski definition) is 3. The number of halogens is 4. The van der Waals surface area contributed by atoms with Gasteiger partial charge in [-0.05, 0) is 31.0 Å². The van der Waals surface area contributed by atoms with Crippen LogP contribution in [0.3, 0.4) is 0 Å². The molecular weight excluding hydrogens is 410 g/mol. The smallest absolute Gasteiger partial charge is 0.280 e. The molecule has 3 rings (SSSR count). The second-order valence-corrected chi connectivity index (χ2v) is 9.96. The largest absolute Gasteiger partial charge is 0.419 e. The molecule has 1 aromatic heterocycles.